The van der Waals surface area contributed by atoms with Crippen molar-refractivity contribution in [3.63, 3.8) is 0 Å². The Morgan fingerprint density at radius 3 is 2.00 bits per heavy atom. The summed E-state index contributed by atoms with van der Waals surface area (Å²) in [5.41, 5.74) is 1.07. The Bertz CT molecular complexity index is 900. The van der Waals surface area contributed by atoms with E-state index in [0.29, 0.717) is 31.1 Å². The van der Waals surface area contributed by atoms with E-state index < -0.39 is 10.0 Å². The Balaban J connectivity index is 1.19. The molecule has 0 unspecified atom stereocenters. The van der Waals surface area contributed by atoms with Crippen LogP contribution in [0.15, 0.2) is 29.2 Å². The molecule has 1 aromatic carbocycles. The predicted octanol–water partition coefficient (Wildman–Crippen LogP) is 2.77. The number of sulfonamides is 1. The van der Waals surface area contributed by atoms with Crippen LogP contribution in [0, 0.1) is 24.7 Å². The number of aryl methyl sites for hydroxylation is 1. The number of hydrogen-bond donors (Lipinski definition) is 1. The summed E-state index contributed by atoms with van der Waals surface area (Å²) in [6.07, 6.45) is 7.55. The molecule has 0 aromatic heterocycles. The fourth-order valence-corrected chi connectivity index (χ4v) is 8.41. The first kappa shape index (κ1) is 21.4. The van der Waals surface area contributed by atoms with E-state index in [4.69, 9.17) is 0 Å². The molecule has 1 N–H and O–H groups in total. The highest BCUT2D eigenvalue weighted by Gasteiger charge is 2.52. The van der Waals surface area contributed by atoms with Gasteiger partial charge in [0.1, 0.15) is 0 Å². The van der Waals surface area contributed by atoms with Crippen LogP contribution in [0.3, 0.4) is 0 Å². The van der Waals surface area contributed by atoms with Gasteiger partial charge >= 0.3 is 0 Å². The van der Waals surface area contributed by atoms with Crippen LogP contribution in [-0.2, 0) is 14.8 Å². The van der Waals surface area contributed by atoms with Crippen LogP contribution in [0.2, 0.25) is 0 Å². The molecule has 6 rings (SSSR count). The predicted molar refractivity (Wildman–Crippen MR) is 120 cm³/mol. The fourth-order valence-electron chi connectivity index (χ4n) is 6.99. The minimum absolute atomic E-state index is 0.0245. The number of rotatable bonds is 5. The van der Waals surface area contributed by atoms with Gasteiger partial charge in [0.25, 0.3) is 0 Å². The van der Waals surface area contributed by atoms with Crippen LogP contribution in [0.4, 0.5) is 0 Å². The SMILES string of the molecule is Cc1ccc(S(=O)(=O)N2CCN([C@@H](C)C(=O)NC34CC5CC(CC(C5)C3)C4)CC2)cc1. The van der Waals surface area contributed by atoms with Crippen LogP contribution < -0.4 is 5.32 Å². The first-order valence-corrected chi connectivity index (χ1v) is 13.3. The van der Waals surface area contributed by atoms with E-state index >= 15 is 0 Å². The van der Waals surface area contributed by atoms with Crippen molar-refractivity contribution in [2.24, 2.45) is 17.8 Å². The van der Waals surface area contributed by atoms with E-state index in [9.17, 15) is 13.2 Å². The fraction of sp³-hybridized carbons (Fsp3) is 0.708. The van der Waals surface area contributed by atoms with Crippen LogP contribution in [0.25, 0.3) is 0 Å². The molecule has 1 amide bonds. The van der Waals surface area contributed by atoms with Gasteiger partial charge < -0.3 is 5.32 Å². The van der Waals surface area contributed by atoms with E-state index in [1.54, 1.807) is 16.4 Å². The molecule has 1 saturated heterocycles. The Labute approximate surface area is 186 Å². The Kier molecular flexibility index (Phi) is 5.42. The third-order valence-corrected chi connectivity index (χ3v) is 10.2. The molecule has 7 heteroatoms. The van der Waals surface area contributed by atoms with Crippen LogP contribution in [0.5, 0.6) is 0 Å². The molecule has 5 aliphatic rings. The largest absolute Gasteiger partial charge is 0.349 e. The molecule has 0 spiro atoms. The molecule has 1 heterocycles. The summed E-state index contributed by atoms with van der Waals surface area (Å²) >= 11 is 0. The number of nitrogens with one attached hydrogen (secondary N) is 1. The van der Waals surface area contributed by atoms with Crippen LogP contribution >= 0.6 is 0 Å². The van der Waals surface area contributed by atoms with E-state index in [0.717, 1.165) is 42.6 Å². The Morgan fingerprint density at radius 1 is 0.968 bits per heavy atom. The standard InChI is InChI=1S/C24H35N3O3S/c1-17-3-5-22(6-4-17)31(29,30)27-9-7-26(8-10-27)18(2)23(28)25-24-14-19-11-20(15-24)13-21(12-19)16-24/h3-6,18-21H,7-16H2,1-2H3,(H,25,28)/t18-,19?,20?,21?,24?/m0/s1. The number of amides is 1. The smallest absolute Gasteiger partial charge is 0.243 e. The van der Waals surface area contributed by atoms with Gasteiger partial charge in [-0.15, -0.1) is 0 Å². The number of carbonyl (C=O) groups is 1. The molecule has 31 heavy (non-hydrogen) atoms. The number of piperazine rings is 1. The van der Waals surface area contributed by atoms with Crippen molar-refractivity contribution in [1.29, 1.82) is 0 Å². The van der Waals surface area contributed by atoms with Crippen molar-refractivity contribution < 1.29 is 13.2 Å². The van der Waals surface area contributed by atoms with Crippen LogP contribution in [-0.4, -0.2) is 61.3 Å². The lowest BCUT2D eigenvalue weighted by Gasteiger charge is -2.57. The lowest BCUT2D eigenvalue weighted by atomic mass is 9.53. The summed E-state index contributed by atoms with van der Waals surface area (Å²) in [6.45, 7) is 5.93. The van der Waals surface area contributed by atoms with Gasteiger partial charge in [0.15, 0.2) is 0 Å². The average molecular weight is 446 g/mol. The van der Waals surface area contributed by atoms with Gasteiger partial charge in [-0.1, -0.05) is 17.7 Å². The van der Waals surface area contributed by atoms with Crippen LogP contribution in [0.1, 0.15) is 51.0 Å². The highest BCUT2D eigenvalue weighted by atomic mass is 32.2. The first-order valence-electron chi connectivity index (χ1n) is 11.9. The van der Waals surface area contributed by atoms with Gasteiger partial charge in [0, 0.05) is 31.7 Å². The third-order valence-electron chi connectivity index (χ3n) is 8.29. The van der Waals surface area contributed by atoms with Gasteiger partial charge in [-0.3, -0.25) is 9.69 Å². The van der Waals surface area contributed by atoms with Crippen molar-refractivity contribution in [2.75, 3.05) is 26.2 Å². The van der Waals surface area contributed by atoms with E-state index in [-0.39, 0.29) is 17.5 Å². The normalized spacial score (nSPS) is 34.6. The highest BCUT2D eigenvalue weighted by molar-refractivity contribution is 7.89. The second-order valence-electron chi connectivity index (χ2n) is 10.6. The van der Waals surface area contributed by atoms with Gasteiger partial charge in [0.05, 0.1) is 10.9 Å². The van der Waals surface area contributed by atoms with E-state index in [2.05, 4.69) is 10.2 Å². The van der Waals surface area contributed by atoms with Crippen molar-refractivity contribution >= 4 is 15.9 Å². The zero-order valence-corrected chi connectivity index (χ0v) is 19.5. The molecule has 4 bridgehead atoms. The molecule has 0 radical (unpaired) electrons. The van der Waals surface area contributed by atoms with Crippen molar-refractivity contribution in [3.05, 3.63) is 29.8 Å². The highest BCUT2D eigenvalue weighted by Crippen LogP contribution is 2.55. The van der Waals surface area contributed by atoms with Gasteiger partial charge in [-0.2, -0.15) is 4.31 Å². The summed E-state index contributed by atoms with van der Waals surface area (Å²) in [5, 5.41) is 3.48. The minimum Gasteiger partial charge on any atom is -0.349 e. The number of benzene rings is 1. The third kappa shape index (κ3) is 4.05. The molecule has 4 saturated carbocycles. The van der Waals surface area contributed by atoms with Gasteiger partial charge in [-0.25, -0.2) is 8.42 Å². The Morgan fingerprint density at radius 2 is 1.48 bits per heavy atom. The average Bonchev–Trinajstić information content (AvgIpc) is 2.72. The molecule has 170 valence electrons. The van der Waals surface area contributed by atoms with Crippen molar-refractivity contribution in [3.8, 4) is 0 Å². The first-order chi connectivity index (χ1) is 14.7. The summed E-state index contributed by atoms with van der Waals surface area (Å²) < 4.78 is 27.5. The van der Waals surface area contributed by atoms with E-state index in [1.165, 1.54) is 19.3 Å². The second-order valence-corrected chi connectivity index (χ2v) is 12.6. The van der Waals surface area contributed by atoms with Gasteiger partial charge in [0.2, 0.25) is 15.9 Å². The molecule has 6 nitrogen and oxygen atoms in total. The number of carbonyl (C=O) groups excluding carboxylic acids is 1. The maximum Gasteiger partial charge on any atom is 0.243 e. The molecule has 4 aliphatic carbocycles. The summed E-state index contributed by atoms with van der Waals surface area (Å²) in [7, 11) is -3.48. The summed E-state index contributed by atoms with van der Waals surface area (Å²) in [5.74, 6) is 2.53. The zero-order valence-electron chi connectivity index (χ0n) is 18.7. The number of nitrogens with zero attached hydrogens (tertiary/aromatic N) is 2. The second kappa shape index (κ2) is 7.85. The molecule has 1 aliphatic heterocycles. The monoisotopic (exact) mass is 445 g/mol. The maximum atomic E-state index is 13.2. The van der Waals surface area contributed by atoms with Crippen molar-refractivity contribution in [2.45, 2.75) is 68.8 Å². The van der Waals surface area contributed by atoms with Crippen molar-refractivity contribution in [1.82, 2.24) is 14.5 Å². The number of hydrogen-bond acceptors (Lipinski definition) is 4. The Hall–Kier alpha value is -1.44. The van der Waals surface area contributed by atoms with E-state index in [1.807, 2.05) is 26.0 Å². The molecule has 1 aromatic rings. The zero-order chi connectivity index (χ0) is 21.8. The molecule has 1 atom stereocenters. The minimum atomic E-state index is -3.48. The lowest BCUT2D eigenvalue weighted by molar-refractivity contribution is -0.132. The quantitative estimate of drug-likeness (QED) is 0.757. The molecule has 5 fully saturated rings. The topological polar surface area (TPSA) is 69.7 Å². The maximum absolute atomic E-state index is 13.2. The lowest BCUT2D eigenvalue weighted by Crippen LogP contribution is -2.63. The van der Waals surface area contributed by atoms with Gasteiger partial charge in [-0.05, 0) is 82.3 Å². The summed E-state index contributed by atoms with van der Waals surface area (Å²) in [6, 6.07) is 6.80. The molecular weight excluding hydrogens is 410 g/mol. The summed E-state index contributed by atoms with van der Waals surface area (Å²) in [4.78, 5) is 15.7. The molecular formula is C24H35N3O3S.